The SMILES string of the molecule is Cc1sccc1P(CCP(c1ccsc1C)c1ccsc1C)c1ccsc1C. The Morgan fingerprint density at radius 1 is 0.500 bits per heavy atom. The molecule has 4 aromatic rings. The smallest absolute Gasteiger partial charge is 0.00943 e. The Morgan fingerprint density at radius 2 is 0.750 bits per heavy atom. The first-order chi connectivity index (χ1) is 13.6. The third kappa shape index (κ3) is 4.24. The maximum Gasteiger partial charge on any atom is 0.00943 e. The van der Waals surface area contributed by atoms with E-state index in [4.69, 9.17) is 0 Å². The van der Waals surface area contributed by atoms with Crippen molar-refractivity contribution in [3.8, 4) is 0 Å². The summed E-state index contributed by atoms with van der Waals surface area (Å²) in [7, 11) is -0.556. The maximum atomic E-state index is 2.39. The second-order valence-electron chi connectivity index (χ2n) is 6.75. The fourth-order valence-corrected chi connectivity index (χ4v) is 13.9. The summed E-state index contributed by atoms with van der Waals surface area (Å²) in [5.74, 6) is 0. The molecule has 4 rings (SSSR count). The molecule has 4 heterocycles. The van der Waals surface area contributed by atoms with Gasteiger partial charge in [-0.05, 0) is 123 Å². The van der Waals surface area contributed by atoms with Crippen LogP contribution in [0.25, 0.3) is 0 Å². The van der Waals surface area contributed by atoms with E-state index in [-0.39, 0.29) is 15.8 Å². The van der Waals surface area contributed by atoms with E-state index in [0.717, 1.165) is 0 Å². The van der Waals surface area contributed by atoms with Crippen LogP contribution >= 0.6 is 61.2 Å². The molecule has 0 fully saturated rings. The lowest BCUT2D eigenvalue weighted by Crippen LogP contribution is -2.21. The van der Waals surface area contributed by atoms with Crippen molar-refractivity contribution in [1.82, 2.24) is 0 Å². The first-order valence-corrected chi connectivity index (χ1v) is 15.8. The molecule has 4 aromatic heterocycles. The van der Waals surface area contributed by atoms with Crippen molar-refractivity contribution in [2.45, 2.75) is 27.7 Å². The number of hydrogen-bond donors (Lipinski definition) is 0. The van der Waals surface area contributed by atoms with Crippen molar-refractivity contribution < 1.29 is 0 Å². The molecule has 6 heteroatoms. The highest BCUT2D eigenvalue weighted by Crippen LogP contribution is 2.45. The molecule has 0 atom stereocenters. The summed E-state index contributed by atoms with van der Waals surface area (Å²) in [6.07, 6.45) is 2.56. The summed E-state index contributed by atoms with van der Waals surface area (Å²) in [5, 5.41) is 15.5. The minimum absolute atomic E-state index is 0.278. The molecule has 146 valence electrons. The predicted molar refractivity (Wildman–Crippen MR) is 138 cm³/mol. The van der Waals surface area contributed by atoms with E-state index >= 15 is 0 Å². The van der Waals surface area contributed by atoms with Gasteiger partial charge in [0.2, 0.25) is 0 Å². The number of hydrogen-bond acceptors (Lipinski definition) is 4. The largest absolute Gasteiger partial charge is 0.149 e. The van der Waals surface area contributed by atoms with E-state index in [9.17, 15) is 0 Å². The van der Waals surface area contributed by atoms with Crippen LogP contribution in [0.15, 0.2) is 45.8 Å². The van der Waals surface area contributed by atoms with Crippen molar-refractivity contribution in [1.29, 1.82) is 0 Å². The van der Waals surface area contributed by atoms with Crippen LogP contribution < -0.4 is 21.2 Å². The third-order valence-corrected chi connectivity index (χ3v) is 15.0. The molecule has 0 nitrogen and oxygen atoms in total. The number of aryl methyl sites for hydroxylation is 4. The van der Waals surface area contributed by atoms with Gasteiger partial charge in [0.1, 0.15) is 0 Å². The Bertz CT molecular complexity index is 887. The molecular weight excluding hydrogens is 454 g/mol. The van der Waals surface area contributed by atoms with Gasteiger partial charge in [0.05, 0.1) is 0 Å². The molecule has 0 saturated heterocycles. The lowest BCUT2D eigenvalue weighted by Gasteiger charge is -2.23. The van der Waals surface area contributed by atoms with Gasteiger partial charge in [0, 0.05) is 19.5 Å². The first-order valence-electron chi connectivity index (χ1n) is 9.27. The number of rotatable bonds is 7. The molecule has 0 aliphatic heterocycles. The molecule has 0 saturated carbocycles. The van der Waals surface area contributed by atoms with E-state index in [1.54, 1.807) is 21.2 Å². The van der Waals surface area contributed by atoms with Crippen molar-refractivity contribution in [3.63, 3.8) is 0 Å². The highest BCUT2D eigenvalue weighted by atomic mass is 32.1. The summed E-state index contributed by atoms with van der Waals surface area (Å²) in [6, 6.07) is 9.54. The van der Waals surface area contributed by atoms with Gasteiger partial charge in [-0.15, -0.1) is 45.3 Å². The van der Waals surface area contributed by atoms with Crippen molar-refractivity contribution in [2.75, 3.05) is 12.3 Å². The normalized spacial score (nSPS) is 11.8. The van der Waals surface area contributed by atoms with Crippen molar-refractivity contribution in [3.05, 3.63) is 65.3 Å². The van der Waals surface area contributed by atoms with Crippen molar-refractivity contribution >= 4 is 82.4 Å². The van der Waals surface area contributed by atoms with Gasteiger partial charge < -0.3 is 0 Å². The summed E-state index contributed by atoms with van der Waals surface area (Å²) < 4.78 is 0. The van der Waals surface area contributed by atoms with E-state index in [0.29, 0.717) is 0 Å². The zero-order valence-corrected chi connectivity index (χ0v) is 21.6. The third-order valence-electron chi connectivity index (χ3n) is 5.04. The highest BCUT2D eigenvalue weighted by molar-refractivity contribution is 7.77. The molecule has 0 aliphatic rings. The zero-order valence-electron chi connectivity index (χ0n) is 16.6. The summed E-state index contributed by atoms with van der Waals surface area (Å²) in [6.45, 7) is 9.19. The van der Waals surface area contributed by atoms with Crippen LogP contribution in [-0.2, 0) is 0 Å². The molecule has 0 aliphatic carbocycles. The van der Waals surface area contributed by atoms with Crippen molar-refractivity contribution in [2.24, 2.45) is 0 Å². The second kappa shape index (κ2) is 9.21. The van der Waals surface area contributed by atoms with E-state index < -0.39 is 0 Å². The lowest BCUT2D eigenvalue weighted by molar-refractivity contribution is 1.50. The van der Waals surface area contributed by atoms with Gasteiger partial charge in [-0.25, -0.2) is 0 Å². The van der Waals surface area contributed by atoms with Crippen LogP contribution in [0.1, 0.15) is 19.5 Å². The molecule has 0 spiro atoms. The first kappa shape index (κ1) is 20.9. The van der Waals surface area contributed by atoms with Crippen LogP contribution in [0.4, 0.5) is 0 Å². The quantitative estimate of drug-likeness (QED) is 0.258. The highest BCUT2D eigenvalue weighted by Gasteiger charge is 2.24. The summed E-state index contributed by atoms with van der Waals surface area (Å²) >= 11 is 7.60. The van der Waals surface area contributed by atoms with Crippen LogP contribution in [-0.4, -0.2) is 12.3 Å². The Balaban J connectivity index is 1.68. The maximum absolute atomic E-state index is 2.39. The monoisotopic (exact) mass is 478 g/mol. The van der Waals surface area contributed by atoms with Crippen LogP contribution in [0.5, 0.6) is 0 Å². The van der Waals surface area contributed by atoms with E-state index in [2.05, 4.69) is 73.5 Å². The molecule has 0 N–H and O–H groups in total. The topological polar surface area (TPSA) is 0 Å². The average Bonchev–Trinajstić information content (AvgIpc) is 3.45. The van der Waals surface area contributed by atoms with E-state index in [1.165, 1.54) is 31.8 Å². The molecule has 0 unspecified atom stereocenters. The minimum Gasteiger partial charge on any atom is -0.149 e. The molecule has 0 radical (unpaired) electrons. The van der Waals surface area contributed by atoms with Gasteiger partial charge in [0.15, 0.2) is 0 Å². The van der Waals surface area contributed by atoms with Crippen LogP contribution in [0.3, 0.4) is 0 Å². The lowest BCUT2D eigenvalue weighted by atomic mass is 10.5. The Kier molecular flexibility index (Phi) is 6.88. The van der Waals surface area contributed by atoms with Gasteiger partial charge in [-0.2, -0.15) is 0 Å². The van der Waals surface area contributed by atoms with Gasteiger partial charge in [-0.3, -0.25) is 0 Å². The van der Waals surface area contributed by atoms with Crippen LogP contribution in [0.2, 0.25) is 0 Å². The van der Waals surface area contributed by atoms with Crippen LogP contribution in [0, 0.1) is 27.7 Å². The average molecular weight is 479 g/mol. The minimum atomic E-state index is -0.278. The summed E-state index contributed by atoms with van der Waals surface area (Å²) in [5.41, 5.74) is 0. The zero-order chi connectivity index (χ0) is 19.7. The van der Waals surface area contributed by atoms with Gasteiger partial charge in [-0.1, -0.05) is 0 Å². The Hall–Kier alpha value is -0.340. The Labute approximate surface area is 186 Å². The predicted octanol–water partition coefficient (Wildman–Crippen LogP) is 6.73. The summed E-state index contributed by atoms with van der Waals surface area (Å²) in [4.78, 5) is 6.00. The van der Waals surface area contributed by atoms with Gasteiger partial charge in [0.25, 0.3) is 0 Å². The second-order valence-corrected chi connectivity index (χ2v) is 15.8. The molecular formula is C22H24P2S4. The Morgan fingerprint density at radius 3 is 0.929 bits per heavy atom. The van der Waals surface area contributed by atoms with Gasteiger partial charge >= 0.3 is 0 Å². The van der Waals surface area contributed by atoms with E-state index in [1.807, 2.05) is 45.3 Å². The fraction of sp³-hybridized carbons (Fsp3) is 0.273. The molecule has 0 bridgehead atoms. The number of thiophene rings is 4. The fourth-order valence-electron chi connectivity index (χ4n) is 3.57. The standard InChI is InChI=1S/C22H24P2S4/c1-15-19(5-11-25-15)23(20-6-12-26-16(20)2)9-10-24(21-7-13-27-17(21)3)22-8-14-28-18(22)4/h5-8,11-14H,9-10H2,1-4H3. The molecule has 28 heavy (non-hydrogen) atoms. The molecule has 0 aromatic carbocycles. The molecule has 0 amide bonds.